The zero-order valence-electron chi connectivity index (χ0n) is 10.2. The summed E-state index contributed by atoms with van der Waals surface area (Å²) in [5, 5.41) is 18.7. The summed E-state index contributed by atoms with van der Waals surface area (Å²) in [5.74, 6) is -0.203. The molecule has 102 valence electrons. The number of halogens is 2. The Kier molecular flexibility index (Phi) is 5.03. The summed E-state index contributed by atoms with van der Waals surface area (Å²) in [6.45, 7) is 0. The normalized spacial score (nSPS) is 10.9. The standard InChI is InChI=1S/C15H10I2O3/c16-11-5-10(6-12(17)7-11)15(20)2-1-9-3-13(18)8-14(19)4-9/h1-8,18-19H/b2-1+. The Morgan fingerprint density at radius 1 is 0.900 bits per heavy atom. The molecule has 0 amide bonds. The molecule has 0 saturated carbocycles. The van der Waals surface area contributed by atoms with Crippen LogP contribution in [0.3, 0.4) is 0 Å². The van der Waals surface area contributed by atoms with Crippen molar-refractivity contribution in [3.05, 3.63) is 60.7 Å². The van der Waals surface area contributed by atoms with Gasteiger partial charge in [0.05, 0.1) is 0 Å². The molecule has 3 nitrogen and oxygen atoms in total. The van der Waals surface area contributed by atoms with E-state index in [2.05, 4.69) is 45.2 Å². The third kappa shape index (κ3) is 4.20. The second-order valence-corrected chi connectivity index (χ2v) is 6.63. The highest BCUT2D eigenvalue weighted by atomic mass is 127. The molecule has 0 aliphatic rings. The largest absolute Gasteiger partial charge is 0.508 e. The average molecular weight is 492 g/mol. The molecule has 0 heterocycles. The summed E-state index contributed by atoms with van der Waals surface area (Å²) in [5.41, 5.74) is 1.18. The van der Waals surface area contributed by atoms with Gasteiger partial charge in [-0.1, -0.05) is 6.08 Å². The third-order valence-electron chi connectivity index (χ3n) is 2.50. The number of phenolic OH excluding ortho intramolecular Hbond substituents is 2. The van der Waals surface area contributed by atoms with Crippen LogP contribution in [0, 0.1) is 7.14 Å². The van der Waals surface area contributed by atoms with Crippen LogP contribution in [0.4, 0.5) is 0 Å². The molecule has 0 radical (unpaired) electrons. The fraction of sp³-hybridized carbons (Fsp3) is 0. The van der Waals surface area contributed by atoms with E-state index in [9.17, 15) is 15.0 Å². The lowest BCUT2D eigenvalue weighted by molar-refractivity contribution is 0.104. The van der Waals surface area contributed by atoms with E-state index in [1.165, 1.54) is 24.3 Å². The molecule has 0 saturated heterocycles. The summed E-state index contributed by atoms with van der Waals surface area (Å²) >= 11 is 4.33. The molecule has 0 unspecified atom stereocenters. The van der Waals surface area contributed by atoms with Crippen LogP contribution in [-0.2, 0) is 0 Å². The molecule has 0 aliphatic heterocycles. The van der Waals surface area contributed by atoms with E-state index in [-0.39, 0.29) is 17.3 Å². The first-order chi connectivity index (χ1) is 9.44. The van der Waals surface area contributed by atoms with Crippen LogP contribution in [0.25, 0.3) is 6.08 Å². The van der Waals surface area contributed by atoms with Crippen molar-refractivity contribution in [2.24, 2.45) is 0 Å². The zero-order chi connectivity index (χ0) is 14.7. The Bertz CT molecular complexity index is 653. The summed E-state index contributed by atoms with van der Waals surface area (Å²) in [7, 11) is 0. The zero-order valence-corrected chi connectivity index (χ0v) is 14.5. The summed E-state index contributed by atoms with van der Waals surface area (Å²) in [6, 6.07) is 9.80. The lowest BCUT2D eigenvalue weighted by Gasteiger charge is -2.00. The van der Waals surface area contributed by atoms with Crippen molar-refractivity contribution < 1.29 is 15.0 Å². The second-order valence-electron chi connectivity index (χ2n) is 4.14. The number of benzene rings is 2. The van der Waals surface area contributed by atoms with E-state index in [4.69, 9.17) is 0 Å². The van der Waals surface area contributed by atoms with Gasteiger partial charge >= 0.3 is 0 Å². The number of hydrogen-bond donors (Lipinski definition) is 2. The van der Waals surface area contributed by atoms with Gasteiger partial charge in [-0.2, -0.15) is 0 Å². The lowest BCUT2D eigenvalue weighted by atomic mass is 10.1. The minimum Gasteiger partial charge on any atom is -0.508 e. The van der Waals surface area contributed by atoms with E-state index < -0.39 is 0 Å². The third-order valence-corrected chi connectivity index (χ3v) is 3.74. The number of allylic oxidation sites excluding steroid dienone is 1. The van der Waals surface area contributed by atoms with Crippen LogP contribution in [0.15, 0.2) is 42.5 Å². The molecule has 2 N–H and O–H groups in total. The Morgan fingerprint density at radius 3 is 2.00 bits per heavy atom. The van der Waals surface area contributed by atoms with Crippen LogP contribution in [0.5, 0.6) is 11.5 Å². The SMILES string of the molecule is O=C(/C=C/c1cc(O)cc(O)c1)c1cc(I)cc(I)c1. The van der Waals surface area contributed by atoms with Crippen molar-refractivity contribution in [3.8, 4) is 11.5 Å². The maximum absolute atomic E-state index is 12.1. The molecule has 20 heavy (non-hydrogen) atoms. The van der Waals surface area contributed by atoms with Gasteiger partial charge in [-0.3, -0.25) is 4.79 Å². The maximum Gasteiger partial charge on any atom is 0.185 e. The average Bonchev–Trinajstić information content (AvgIpc) is 2.33. The molecule has 0 fully saturated rings. The minimum atomic E-state index is -0.121. The number of phenols is 2. The quantitative estimate of drug-likeness (QED) is 0.384. The lowest BCUT2D eigenvalue weighted by Crippen LogP contribution is -1.95. The van der Waals surface area contributed by atoms with E-state index in [0.717, 1.165) is 7.14 Å². The number of carbonyl (C=O) groups excluding carboxylic acids is 1. The Hall–Kier alpha value is -1.09. The van der Waals surface area contributed by atoms with Crippen molar-refractivity contribution in [3.63, 3.8) is 0 Å². The van der Waals surface area contributed by atoms with Crippen LogP contribution in [0.2, 0.25) is 0 Å². The molecule has 0 atom stereocenters. The van der Waals surface area contributed by atoms with Gasteiger partial charge in [0.15, 0.2) is 5.78 Å². The van der Waals surface area contributed by atoms with Crippen LogP contribution >= 0.6 is 45.2 Å². The number of ketones is 1. The molecule has 2 aromatic carbocycles. The maximum atomic E-state index is 12.1. The highest BCUT2D eigenvalue weighted by Crippen LogP contribution is 2.21. The number of aromatic hydroxyl groups is 2. The Morgan fingerprint density at radius 2 is 1.45 bits per heavy atom. The van der Waals surface area contributed by atoms with Gasteiger partial charge in [0.25, 0.3) is 0 Å². The molecular formula is C15H10I2O3. The number of carbonyl (C=O) groups is 1. The molecule has 0 aliphatic carbocycles. The van der Waals surface area contributed by atoms with Gasteiger partial charge in [-0.25, -0.2) is 0 Å². The predicted octanol–water partition coefficient (Wildman–Crippen LogP) is 4.20. The highest BCUT2D eigenvalue weighted by molar-refractivity contribution is 14.1. The van der Waals surface area contributed by atoms with Crippen molar-refractivity contribution in [2.75, 3.05) is 0 Å². The first-order valence-corrected chi connectivity index (χ1v) is 7.81. The number of hydrogen-bond acceptors (Lipinski definition) is 3. The smallest absolute Gasteiger partial charge is 0.185 e. The summed E-state index contributed by atoms with van der Waals surface area (Å²) in [6.07, 6.45) is 2.99. The van der Waals surface area contributed by atoms with Crippen LogP contribution < -0.4 is 0 Å². The van der Waals surface area contributed by atoms with E-state index in [0.29, 0.717) is 11.1 Å². The van der Waals surface area contributed by atoms with Gasteiger partial charge in [-0.05, 0) is 87.2 Å². The van der Waals surface area contributed by atoms with Crippen molar-refractivity contribution in [1.82, 2.24) is 0 Å². The topological polar surface area (TPSA) is 57.5 Å². The molecule has 5 heteroatoms. The van der Waals surface area contributed by atoms with Gasteiger partial charge < -0.3 is 10.2 Å². The van der Waals surface area contributed by atoms with Crippen molar-refractivity contribution in [1.29, 1.82) is 0 Å². The predicted molar refractivity (Wildman–Crippen MR) is 95.0 cm³/mol. The minimum absolute atomic E-state index is 0.0408. The van der Waals surface area contributed by atoms with Gasteiger partial charge in [-0.15, -0.1) is 0 Å². The summed E-state index contributed by atoms with van der Waals surface area (Å²) in [4.78, 5) is 12.1. The first-order valence-electron chi connectivity index (χ1n) is 5.65. The molecule has 0 spiro atoms. The van der Waals surface area contributed by atoms with Crippen molar-refractivity contribution >= 4 is 57.0 Å². The molecular weight excluding hydrogens is 482 g/mol. The van der Waals surface area contributed by atoms with E-state index in [1.807, 2.05) is 18.2 Å². The van der Waals surface area contributed by atoms with Gasteiger partial charge in [0.1, 0.15) is 11.5 Å². The monoisotopic (exact) mass is 492 g/mol. The highest BCUT2D eigenvalue weighted by Gasteiger charge is 2.04. The van der Waals surface area contributed by atoms with Crippen molar-refractivity contribution in [2.45, 2.75) is 0 Å². The van der Waals surface area contributed by atoms with E-state index >= 15 is 0 Å². The Labute approximate surface area is 143 Å². The molecule has 2 rings (SSSR count). The Balaban J connectivity index is 2.24. The fourth-order valence-corrected chi connectivity index (χ4v) is 3.62. The summed E-state index contributed by atoms with van der Waals surface area (Å²) < 4.78 is 2.00. The molecule has 2 aromatic rings. The molecule has 0 bridgehead atoms. The first kappa shape index (κ1) is 15.3. The van der Waals surface area contributed by atoms with Crippen LogP contribution in [-0.4, -0.2) is 16.0 Å². The second kappa shape index (κ2) is 6.57. The van der Waals surface area contributed by atoms with Crippen LogP contribution in [0.1, 0.15) is 15.9 Å². The fourth-order valence-electron chi connectivity index (χ4n) is 1.68. The van der Waals surface area contributed by atoms with E-state index in [1.54, 1.807) is 6.08 Å². The van der Waals surface area contributed by atoms with Gasteiger partial charge in [0.2, 0.25) is 0 Å². The molecule has 0 aromatic heterocycles. The van der Waals surface area contributed by atoms with Gasteiger partial charge in [0, 0.05) is 18.8 Å². The number of rotatable bonds is 3.